The zero-order valence-electron chi connectivity index (χ0n) is 25.7. The van der Waals surface area contributed by atoms with E-state index in [2.05, 4.69) is 27.6 Å². The molecule has 0 saturated heterocycles. The lowest BCUT2D eigenvalue weighted by molar-refractivity contribution is -0.139. The molecule has 0 saturated carbocycles. The van der Waals surface area contributed by atoms with Crippen LogP contribution in [0.1, 0.15) is 50.4 Å². The lowest BCUT2D eigenvalue weighted by Gasteiger charge is -2.26. The number of methoxy groups -OCH3 is 1. The zero-order chi connectivity index (χ0) is 33.1. The van der Waals surface area contributed by atoms with Gasteiger partial charge in [-0.25, -0.2) is 9.79 Å². The number of hydrogen-bond acceptors (Lipinski definition) is 8. The van der Waals surface area contributed by atoms with Gasteiger partial charge in [0, 0.05) is 21.2 Å². The van der Waals surface area contributed by atoms with E-state index in [0.717, 1.165) is 14.7 Å². The Hall–Kier alpha value is -3.32. The van der Waals surface area contributed by atoms with E-state index in [0.29, 0.717) is 53.5 Å². The fourth-order valence-electron chi connectivity index (χ4n) is 5.06. The van der Waals surface area contributed by atoms with Gasteiger partial charge >= 0.3 is 5.97 Å². The molecule has 0 spiro atoms. The molecule has 1 aromatic heterocycles. The van der Waals surface area contributed by atoms with Crippen molar-refractivity contribution in [1.29, 1.82) is 0 Å². The third-order valence-electron chi connectivity index (χ3n) is 7.03. The quantitative estimate of drug-likeness (QED) is 0.126. The predicted octanol–water partition coefficient (Wildman–Crippen LogP) is 7.08. The number of carbonyl (C=O) groups is 1. The van der Waals surface area contributed by atoms with E-state index in [1.807, 2.05) is 50.2 Å². The number of thiazole rings is 1. The number of fused-ring (bicyclic) bond motifs is 1. The molecule has 2 heterocycles. The van der Waals surface area contributed by atoms with E-state index < -0.39 is 12.0 Å². The van der Waals surface area contributed by atoms with E-state index in [1.54, 1.807) is 49.8 Å². The molecule has 0 aliphatic carbocycles. The van der Waals surface area contributed by atoms with Crippen LogP contribution in [0.3, 0.4) is 0 Å². The SMILES string of the molecule is CCOC(=O)C1=C(C)N=c2s/c(=C/c3cc(I)c(OCc4ccc(Cl)cc4Cl)c(OC)c3)c(=O)n2[C@@H]1c1ccccc1OC(C)C. The average Bonchev–Trinajstić information content (AvgIpc) is 3.30. The van der Waals surface area contributed by atoms with Gasteiger partial charge in [0.05, 0.1) is 39.2 Å². The van der Waals surface area contributed by atoms with Crippen LogP contribution < -0.4 is 29.1 Å². The molecule has 1 atom stereocenters. The van der Waals surface area contributed by atoms with Crippen LogP contribution in [0, 0.1) is 3.57 Å². The third kappa shape index (κ3) is 7.15. The van der Waals surface area contributed by atoms with Gasteiger partial charge in [-0.05, 0) is 92.3 Å². The van der Waals surface area contributed by atoms with Gasteiger partial charge in [0.1, 0.15) is 18.4 Å². The summed E-state index contributed by atoms with van der Waals surface area (Å²) in [6.45, 7) is 7.75. The average molecular weight is 794 g/mol. The standard InChI is InChI=1S/C34H31Cl2IN2O6S/c1-6-43-33(41)29-19(4)38-34-39(30(29)23-9-7-8-10-26(23)45-18(2)3)32(40)28(46-34)15-20-13-25(37)31(27(14-20)42-5)44-17-21-11-12-22(35)16-24(21)36/h7-16,18,30H,6,17H2,1-5H3/b28-15+/t30-/m1/s1. The number of para-hydroxylation sites is 1. The number of carbonyl (C=O) groups excluding carboxylic acids is 1. The monoisotopic (exact) mass is 792 g/mol. The van der Waals surface area contributed by atoms with Gasteiger partial charge in [-0.15, -0.1) is 0 Å². The topological polar surface area (TPSA) is 88.4 Å². The Morgan fingerprint density at radius 2 is 1.89 bits per heavy atom. The van der Waals surface area contributed by atoms with Crippen LogP contribution in [0.2, 0.25) is 10.0 Å². The molecular formula is C34H31Cl2IN2O6S. The van der Waals surface area contributed by atoms with Gasteiger partial charge in [0.25, 0.3) is 5.56 Å². The zero-order valence-corrected chi connectivity index (χ0v) is 30.2. The van der Waals surface area contributed by atoms with Gasteiger partial charge < -0.3 is 18.9 Å². The lowest BCUT2D eigenvalue weighted by Crippen LogP contribution is -2.40. The molecule has 0 bridgehead atoms. The van der Waals surface area contributed by atoms with E-state index in [1.165, 1.54) is 11.3 Å². The first-order chi connectivity index (χ1) is 22.0. The minimum absolute atomic E-state index is 0.124. The minimum atomic E-state index is -0.794. The Kier molecular flexibility index (Phi) is 10.8. The highest BCUT2D eigenvalue weighted by Gasteiger charge is 2.35. The molecule has 0 fully saturated rings. The summed E-state index contributed by atoms with van der Waals surface area (Å²) in [5.74, 6) is 1.08. The summed E-state index contributed by atoms with van der Waals surface area (Å²) >= 11 is 15.8. The maximum atomic E-state index is 14.2. The number of ether oxygens (including phenoxy) is 4. The first-order valence-electron chi connectivity index (χ1n) is 14.4. The molecule has 3 aromatic carbocycles. The number of allylic oxidation sites excluding steroid dienone is 1. The van der Waals surface area contributed by atoms with Crippen molar-refractivity contribution >= 4 is 69.2 Å². The second-order valence-electron chi connectivity index (χ2n) is 10.6. The van der Waals surface area contributed by atoms with Crippen molar-refractivity contribution in [2.75, 3.05) is 13.7 Å². The van der Waals surface area contributed by atoms with E-state index >= 15 is 0 Å². The van der Waals surface area contributed by atoms with Crippen LogP contribution in [0.15, 0.2) is 75.7 Å². The molecular weight excluding hydrogens is 762 g/mol. The molecule has 4 aromatic rings. The number of halogens is 3. The second-order valence-corrected chi connectivity index (χ2v) is 13.6. The second kappa shape index (κ2) is 14.6. The van der Waals surface area contributed by atoms with Crippen molar-refractivity contribution in [2.45, 2.75) is 46.4 Å². The number of nitrogens with zero attached hydrogens (tertiary/aromatic N) is 2. The van der Waals surface area contributed by atoms with E-state index in [4.69, 9.17) is 42.1 Å². The molecule has 46 heavy (non-hydrogen) atoms. The number of benzene rings is 3. The summed E-state index contributed by atoms with van der Waals surface area (Å²) in [5, 5.41) is 1.05. The summed E-state index contributed by atoms with van der Waals surface area (Å²) in [4.78, 5) is 32.6. The van der Waals surface area contributed by atoms with Crippen LogP contribution in [0.5, 0.6) is 17.2 Å². The number of rotatable bonds is 10. The molecule has 12 heteroatoms. The smallest absolute Gasteiger partial charge is 0.338 e. The summed E-state index contributed by atoms with van der Waals surface area (Å²) in [6.07, 6.45) is 1.66. The molecule has 8 nitrogen and oxygen atoms in total. The maximum absolute atomic E-state index is 14.2. The fraction of sp³-hybridized carbons (Fsp3) is 0.265. The summed E-state index contributed by atoms with van der Waals surface area (Å²) in [5.41, 5.74) is 2.65. The van der Waals surface area contributed by atoms with Gasteiger partial charge in [-0.3, -0.25) is 9.36 Å². The van der Waals surface area contributed by atoms with Crippen LogP contribution in [-0.2, 0) is 16.1 Å². The van der Waals surface area contributed by atoms with Gasteiger partial charge in [0.15, 0.2) is 16.3 Å². The Balaban J connectivity index is 1.60. The Morgan fingerprint density at radius 3 is 2.59 bits per heavy atom. The summed E-state index contributed by atoms with van der Waals surface area (Å²) < 4.78 is 26.1. The van der Waals surface area contributed by atoms with Crippen molar-refractivity contribution < 1.29 is 23.7 Å². The van der Waals surface area contributed by atoms with Crippen LogP contribution in [0.25, 0.3) is 6.08 Å². The minimum Gasteiger partial charge on any atom is -0.493 e. The Labute approximate surface area is 294 Å². The van der Waals surface area contributed by atoms with Gasteiger partial charge in [0.2, 0.25) is 0 Å². The van der Waals surface area contributed by atoms with Crippen LogP contribution >= 0.6 is 57.1 Å². The normalized spacial score (nSPS) is 14.6. The van der Waals surface area contributed by atoms with Crippen molar-refractivity contribution in [3.8, 4) is 17.2 Å². The summed E-state index contributed by atoms with van der Waals surface area (Å²) in [6, 6.07) is 15.6. The molecule has 5 rings (SSSR count). The number of esters is 1. The molecule has 0 radical (unpaired) electrons. The Morgan fingerprint density at radius 1 is 1.13 bits per heavy atom. The predicted molar refractivity (Wildman–Crippen MR) is 189 cm³/mol. The molecule has 1 aliphatic heterocycles. The maximum Gasteiger partial charge on any atom is 0.338 e. The third-order valence-corrected chi connectivity index (χ3v) is 9.40. The summed E-state index contributed by atoms with van der Waals surface area (Å²) in [7, 11) is 1.56. The molecule has 0 amide bonds. The van der Waals surface area contributed by atoms with E-state index in [-0.39, 0.29) is 24.9 Å². The number of aromatic nitrogens is 1. The number of hydrogen-bond donors (Lipinski definition) is 0. The van der Waals surface area contributed by atoms with Gasteiger partial charge in [-0.2, -0.15) is 0 Å². The highest BCUT2D eigenvalue weighted by atomic mass is 127. The molecule has 1 aliphatic rings. The largest absolute Gasteiger partial charge is 0.493 e. The Bertz CT molecular complexity index is 2020. The van der Waals surface area contributed by atoms with Crippen LogP contribution in [-0.4, -0.2) is 30.4 Å². The highest BCUT2D eigenvalue weighted by Crippen LogP contribution is 2.37. The van der Waals surface area contributed by atoms with Crippen LogP contribution in [0.4, 0.5) is 0 Å². The van der Waals surface area contributed by atoms with Crippen molar-refractivity contribution in [3.63, 3.8) is 0 Å². The molecule has 240 valence electrons. The fourth-order valence-corrected chi connectivity index (χ4v) is 7.35. The van der Waals surface area contributed by atoms with Crippen molar-refractivity contribution in [2.24, 2.45) is 4.99 Å². The molecule has 0 N–H and O–H groups in total. The van der Waals surface area contributed by atoms with Gasteiger partial charge in [-0.1, -0.05) is 58.8 Å². The van der Waals surface area contributed by atoms with Crippen molar-refractivity contribution in [1.82, 2.24) is 4.57 Å². The first-order valence-corrected chi connectivity index (χ1v) is 17.1. The first kappa shape index (κ1) is 34.0. The molecule has 0 unspecified atom stereocenters. The highest BCUT2D eigenvalue weighted by molar-refractivity contribution is 14.1. The van der Waals surface area contributed by atoms with Crippen molar-refractivity contribution in [3.05, 3.63) is 116 Å². The van der Waals surface area contributed by atoms with E-state index in [9.17, 15) is 9.59 Å². The lowest BCUT2D eigenvalue weighted by atomic mass is 9.95.